The van der Waals surface area contributed by atoms with Crippen LogP contribution in [0.5, 0.6) is 0 Å². The number of carbonyl (C=O) groups is 1. The van der Waals surface area contributed by atoms with E-state index in [4.69, 9.17) is 0 Å². The third-order valence-electron chi connectivity index (χ3n) is 4.98. The molecule has 1 amide bonds. The molecule has 1 aromatic carbocycles. The first-order valence-electron chi connectivity index (χ1n) is 8.37. The van der Waals surface area contributed by atoms with Crippen molar-refractivity contribution < 1.29 is 4.79 Å². The molecule has 2 atom stereocenters. The Labute approximate surface area is 133 Å². The average molecular weight is 301 g/mol. The van der Waals surface area contributed by atoms with Crippen LogP contribution in [0.3, 0.4) is 0 Å². The number of carbonyl (C=O) groups excluding carboxylic acids is 1. The lowest BCUT2D eigenvalue weighted by Crippen LogP contribution is -2.32. The molecule has 2 fully saturated rings. The maximum Gasteiger partial charge on any atom is 0.253 e. The van der Waals surface area contributed by atoms with E-state index in [1.807, 2.05) is 12.1 Å². The largest absolute Gasteiger partial charge is 0.339 e. The molecule has 0 aliphatic carbocycles. The van der Waals surface area contributed by atoms with Crippen molar-refractivity contribution in [3.63, 3.8) is 0 Å². The van der Waals surface area contributed by atoms with Crippen molar-refractivity contribution >= 4 is 5.91 Å². The minimum absolute atomic E-state index is 0.202. The summed E-state index contributed by atoms with van der Waals surface area (Å²) >= 11 is 0. The molecule has 0 unspecified atom stereocenters. The molecule has 1 aromatic rings. The van der Waals surface area contributed by atoms with Crippen molar-refractivity contribution in [2.24, 2.45) is 11.8 Å². The molecule has 0 radical (unpaired) electrons. The Morgan fingerprint density at radius 1 is 1.23 bits per heavy atom. The summed E-state index contributed by atoms with van der Waals surface area (Å²) in [6, 6.07) is 8.10. The first kappa shape index (κ1) is 15.5. The molecule has 3 rings (SSSR count). The fourth-order valence-corrected chi connectivity index (χ4v) is 3.77. The Hall–Kier alpha value is -1.39. The quantitative estimate of drug-likeness (QED) is 0.925. The third-order valence-corrected chi connectivity index (χ3v) is 4.98. The summed E-state index contributed by atoms with van der Waals surface area (Å²) in [5.41, 5.74) is 2.04. The third kappa shape index (κ3) is 3.50. The molecule has 1 N–H and O–H groups in total. The highest BCUT2D eigenvalue weighted by atomic mass is 16.2. The molecule has 4 nitrogen and oxygen atoms in total. The van der Waals surface area contributed by atoms with Crippen LogP contribution in [0.15, 0.2) is 24.3 Å². The number of amides is 1. The first-order valence-corrected chi connectivity index (χ1v) is 8.37. The minimum Gasteiger partial charge on any atom is -0.339 e. The van der Waals surface area contributed by atoms with E-state index < -0.39 is 0 Å². The monoisotopic (exact) mass is 301 g/mol. The Bertz CT molecular complexity index is 515. The second-order valence-electron chi connectivity index (χ2n) is 6.99. The average Bonchev–Trinajstić information content (AvgIpc) is 2.85. The zero-order valence-corrected chi connectivity index (χ0v) is 13.7. The van der Waals surface area contributed by atoms with Crippen LogP contribution in [0.4, 0.5) is 0 Å². The summed E-state index contributed by atoms with van der Waals surface area (Å²) < 4.78 is 0. The maximum absolute atomic E-state index is 12.8. The highest BCUT2D eigenvalue weighted by Gasteiger charge is 2.31. The van der Waals surface area contributed by atoms with E-state index in [-0.39, 0.29) is 5.91 Å². The van der Waals surface area contributed by atoms with Crippen LogP contribution in [-0.2, 0) is 6.54 Å². The Balaban J connectivity index is 1.68. The molecule has 0 saturated carbocycles. The number of benzene rings is 1. The van der Waals surface area contributed by atoms with Crippen LogP contribution in [-0.4, -0.2) is 56.0 Å². The number of hydrogen-bond acceptors (Lipinski definition) is 3. The van der Waals surface area contributed by atoms with Gasteiger partial charge in [0.25, 0.3) is 5.91 Å². The standard InChI is InChI=1S/C18H27N3O/c1-20(2)13-14-4-3-5-15(10-14)18(22)21-8-6-16-11-19-12-17(16)7-9-21/h3-5,10,16-17,19H,6-9,11-13H2,1-2H3/t16-,17+. The molecule has 22 heavy (non-hydrogen) atoms. The molecule has 2 saturated heterocycles. The van der Waals surface area contributed by atoms with Gasteiger partial charge in [0.2, 0.25) is 0 Å². The van der Waals surface area contributed by atoms with E-state index in [0.717, 1.165) is 63.0 Å². The minimum atomic E-state index is 0.202. The molecular formula is C18H27N3O. The van der Waals surface area contributed by atoms with Gasteiger partial charge in [0.05, 0.1) is 0 Å². The second kappa shape index (κ2) is 6.80. The first-order chi connectivity index (χ1) is 10.6. The van der Waals surface area contributed by atoms with Crippen molar-refractivity contribution in [2.45, 2.75) is 19.4 Å². The van der Waals surface area contributed by atoms with Gasteiger partial charge in [-0.3, -0.25) is 4.79 Å². The predicted molar refractivity (Wildman–Crippen MR) is 88.8 cm³/mol. The summed E-state index contributed by atoms with van der Waals surface area (Å²) in [4.78, 5) is 17.0. The van der Waals surface area contributed by atoms with Gasteiger partial charge in [-0.15, -0.1) is 0 Å². The van der Waals surface area contributed by atoms with Gasteiger partial charge in [0.15, 0.2) is 0 Å². The molecule has 2 aliphatic heterocycles. The molecule has 2 aliphatic rings. The van der Waals surface area contributed by atoms with E-state index in [2.05, 4.69) is 41.3 Å². The van der Waals surface area contributed by atoms with Crippen LogP contribution in [0.25, 0.3) is 0 Å². The van der Waals surface area contributed by atoms with Gasteiger partial charge in [-0.25, -0.2) is 0 Å². The lowest BCUT2D eigenvalue weighted by Gasteiger charge is -2.21. The van der Waals surface area contributed by atoms with E-state index in [1.165, 1.54) is 5.56 Å². The van der Waals surface area contributed by atoms with E-state index in [0.29, 0.717) is 0 Å². The zero-order chi connectivity index (χ0) is 15.5. The fraction of sp³-hybridized carbons (Fsp3) is 0.611. The van der Waals surface area contributed by atoms with Gasteiger partial charge in [0.1, 0.15) is 0 Å². The number of nitrogens with one attached hydrogen (secondary N) is 1. The number of likely N-dealkylation sites (tertiary alicyclic amines) is 1. The zero-order valence-electron chi connectivity index (χ0n) is 13.7. The van der Waals surface area contributed by atoms with Crippen molar-refractivity contribution in [3.8, 4) is 0 Å². The highest BCUT2D eigenvalue weighted by molar-refractivity contribution is 5.94. The topological polar surface area (TPSA) is 35.6 Å². The summed E-state index contributed by atoms with van der Waals surface area (Å²) in [5, 5.41) is 3.49. The Kier molecular flexibility index (Phi) is 4.79. The summed E-state index contributed by atoms with van der Waals surface area (Å²) in [7, 11) is 4.10. The lowest BCUT2D eigenvalue weighted by atomic mass is 9.92. The maximum atomic E-state index is 12.8. The van der Waals surface area contributed by atoms with E-state index in [1.54, 1.807) is 0 Å². The summed E-state index contributed by atoms with van der Waals surface area (Å²) in [5.74, 6) is 1.73. The molecule has 0 bridgehead atoms. The van der Waals surface area contributed by atoms with Gasteiger partial charge in [-0.1, -0.05) is 12.1 Å². The number of nitrogens with zero attached hydrogens (tertiary/aromatic N) is 2. The van der Waals surface area contributed by atoms with Crippen LogP contribution in [0.2, 0.25) is 0 Å². The Morgan fingerprint density at radius 2 is 1.91 bits per heavy atom. The van der Waals surface area contributed by atoms with Crippen molar-refractivity contribution in [3.05, 3.63) is 35.4 Å². The smallest absolute Gasteiger partial charge is 0.253 e. The number of rotatable bonds is 3. The number of hydrogen-bond donors (Lipinski definition) is 1. The number of fused-ring (bicyclic) bond motifs is 1. The molecule has 4 heteroatoms. The predicted octanol–water partition coefficient (Wildman–Crippen LogP) is 1.82. The van der Waals surface area contributed by atoms with Crippen LogP contribution in [0.1, 0.15) is 28.8 Å². The van der Waals surface area contributed by atoms with Gasteiger partial charge in [0, 0.05) is 25.2 Å². The van der Waals surface area contributed by atoms with Crippen molar-refractivity contribution in [2.75, 3.05) is 40.3 Å². The van der Waals surface area contributed by atoms with Crippen molar-refractivity contribution in [1.82, 2.24) is 15.1 Å². The molecule has 0 spiro atoms. The molecule has 0 aromatic heterocycles. The van der Waals surface area contributed by atoms with Crippen LogP contribution < -0.4 is 5.32 Å². The molecule has 2 heterocycles. The summed E-state index contributed by atoms with van der Waals surface area (Å²) in [6.45, 7) is 4.94. The van der Waals surface area contributed by atoms with E-state index >= 15 is 0 Å². The van der Waals surface area contributed by atoms with Gasteiger partial charge < -0.3 is 15.1 Å². The normalized spacial score (nSPS) is 25.1. The van der Waals surface area contributed by atoms with Crippen molar-refractivity contribution in [1.29, 1.82) is 0 Å². The highest BCUT2D eigenvalue weighted by Crippen LogP contribution is 2.27. The van der Waals surface area contributed by atoms with Gasteiger partial charge >= 0.3 is 0 Å². The second-order valence-corrected chi connectivity index (χ2v) is 6.99. The van der Waals surface area contributed by atoms with Crippen LogP contribution in [0, 0.1) is 11.8 Å². The van der Waals surface area contributed by atoms with Gasteiger partial charge in [-0.2, -0.15) is 0 Å². The van der Waals surface area contributed by atoms with E-state index in [9.17, 15) is 4.79 Å². The van der Waals surface area contributed by atoms with Gasteiger partial charge in [-0.05, 0) is 69.6 Å². The molecule has 120 valence electrons. The SMILES string of the molecule is CN(C)Cc1cccc(C(=O)N2CC[C@@H]3CNC[C@@H]3CC2)c1. The summed E-state index contributed by atoms with van der Waals surface area (Å²) in [6.07, 6.45) is 2.28. The fourth-order valence-electron chi connectivity index (χ4n) is 3.77. The van der Waals surface area contributed by atoms with Crippen LogP contribution >= 0.6 is 0 Å². The lowest BCUT2D eigenvalue weighted by molar-refractivity contribution is 0.0758. The Morgan fingerprint density at radius 3 is 2.55 bits per heavy atom. The molecular weight excluding hydrogens is 274 g/mol.